The van der Waals surface area contributed by atoms with Crippen molar-refractivity contribution in [1.29, 1.82) is 0 Å². The Kier molecular flexibility index (Phi) is 9.20. The van der Waals surface area contributed by atoms with Gasteiger partial charge >= 0.3 is 5.97 Å². The van der Waals surface area contributed by atoms with E-state index in [1.165, 1.54) is 0 Å². The Morgan fingerprint density at radius 2 is 1.65 bits per heavy atom. The molecule has 0 aromatic rings. The second kappa shape index (κ2) is 9.74. The van der Waals surface area contributed by atoms with E-state index in [1.807, 2.05) is 0 Å². The molecule has 0 aromatic carbocycles. The Morgan fingerprint density at radius 1 is 1.10 bits per heavy atom. The van der Waals surface area contributed by atoms with Gasteiger partial charge in [-0.1, -0.05) is 39.0 Å². The molecule has 0 spiro atoms. The van der Waals surface area contributed by atoms with Crippen LogP contribution >= 0.6 is 0 Å². The van der Waals surface area contributed by atoms with Gasteiger partial charge in [0.2, 0.25) is 5.91 Å². The Balaban J connectivity index is 4.15. The molecule has 0 bridgehead atoms. The summed E-state index contributed by atoms with van der Waals surface area (Å²) in [6.07, 6.45) is 5.75. The topological polar surface area (TPSA) is 101 Å². The van der Waals surface area contributed by atoms with Crippen LogP contribution in [0.5, 0.6) is 0 Å². The third-order valence-corrected chi connectivity index (χ3v) is 4.66. The molecule has 20 heavy (non-hydrogen) atoms. The van der Waals surface area contributed by atoms with Gasteiger partial charge in [0.1, 0.15) is 6.04 Å². The molecule has 0 unspecified atom stereocenters. The summed E-state index contributed by atoms with van der Waals surface area (Å²) in [4.78, 5) is 21.7. The number of unbranched alkanes of at least 4 members (excludes halogenated alkanes) is 5. The lowest BCUT2D eigenvalue weighted by Gasteiger charge is -2.13. The fourth-order valence-electron chi connectivity index (χ4n) is 1.86. The molecule has 0 saturated heterocycles. The maximum Gasteiger partial charge on any atom is 0.327 e. The van der Waals surface area contributed by atoms with Gasteiger partial charge in [-0.3, -0.25) is 4.79 Å². The SMILES string of the molecule is CCCCCCCCS(=O)(=O)C[C@H](NC(C)=O)C(=O)O. The second-order valence-corrected chi connectivity index (χ2v) is 7.20. The molecule has 0 aromatic heterocycles. The van der Waals surface area contributed by atoms with Crippen molar-refractivity contribution in [3.05, 3.63) is 0 Å². The van der Waals surface area contributed by atoms with Crippen LogP contribution in [-0.4, -0.2) is 42.9 Å². The fraction of sp³-hybridized carbons (Fsp3) is 0.846. The summed E-state index contributed by atoms with van der Waals surface area (Å²) in [5.41, 5.74) is 0. The first-order chi connectivity index (χ1) is 9.28. The molecule has 0 aliphatic heterocycles. The zero-order chi connectivity index (χ0) is 15.6. The van der Waals surface area contributed by atoms with E-state index in [0.29, 0.717) is 6.42 Å². The van der Waals surface area contributed by atoms with Crippen LogP contribution < -0.4 is 5.32 Å². The average molecular weight is 307 g/mol. The van der Waals surface area contributed by atoms with E-state index in [1.54, 1.807) is 0 Å². The molecule has 2 N–H and O–H groups in total. The highest BCUT2D eigenvalue weighted by Gasteiger charge is 2.25. The molecule has 1 atom stereocenters. The Hall–Kier alpha value is -1.11. The van der Waals surface area contributed by atoms with E-state index in [0.717, 1.165) is 39.0 Å². The molecular weight excluding hydrogens is 282 g/mol. The summed E-state index contributed by atoms with van der Waals surface area (Å²) in [7, 11) is -3.46. The molecular formula is C13H25NO5S. The lowest BCUT2D eigenvalue weighted by Crippen LogP contribution is -2.44. The summed E-state index contributed by atoms with van der Waals surface area (Å²) in [5, 5.41) is 11.0. The lowest BCUT2D eigenvalue weighted by molar-refractivity contribution is -0.140. The Labute approximate surface area is 120 Å². The zero-order valence-corrected chi connectivity index (χ0v) is 13.0. The molecule has 0 fully saturated rings. The van der Waals surface area contributed by atoms with E-state index in [-0.39, 0.29) is 5.75 Å². The predicted molar refractivity (Wildman–Crippen MR) is 77.3 cm³/mol. The van der Waals surface area contributed by atoms with Gasteiger partial charge in [-0.25, -0.2) is 13.2 Å². The number of carboxylic acid groups (broad SMARTS) is 1. The Morgan fingerprint density at radius 3 is 2.15 bits per heavy atom. The monoisotopic (exact) mass is 307 g/mol. The summed E-state index contributed by atoms with van der Waals surface area (Å²) in [5.74, 6) is -2.45. The predicted octanol–water partition coefficient (Wildman–Crippen LogP) is 1.35. The van der Waals surface area contributed by atoms with Gasteiger partial charge in [0.15, 0.2) is 9.84 Å². The van der Waals surface area contributed by atoms with Gasteiger partial charge in [-0.05, 0) is 6.42 Å². The molecule has 118 valence electrons. The van der Waals surface area contributed by atoms with E-state index < -0.39 is 33.5 Å². The van der Waals surface area contributed by atoms with Crippen molar-refractivity contribution in [2.75, 3.05) is 11.5 Å². The van der Waals surface area contributed by atoms with Crippen LogP contribution in [0.3, 0.4) is 0 Å². The van der Waals surface area contributed by atoms with E-state index in [4.69, 9.17) is 5.11 Å². The molecule has 0 aliphatic carbocycles. The summed E-state index contributed by atoms with van der Waals surface area (Å²) in [6.45, 7) is 3.27. The molecule has 0 aliphatic rings. The first-order valence-corrected chi connectivity index (χ1v) is 8.81. The number of carbonyl (C=O) groups excluding carboxylic acids is 1. The van der Waals surface area contributed by atoms with Crippen LogP contribution in [0.2, 0.25) is 0 Å². The largest absolute Gasteiger partial charge is 0.480 e. The summed E-state index contributed by atoms with van der Waals surface area (Å²) >= 11 is 0. The van der Waals surface area contributed by atoms with Crippen molar-refractivity contribution in [2.45, 2.75) is 58.4 Å². The second-order valence-electron chi connectivity index (χ2n) is 4.97. The van der Waals surface area contributed by atoms with Crippen molar-refractivity contribution in [1.82, 2.24) is 5.32 Å². The van der Waals surface area contributed by atoms with Crippen LogP contribution in [0.1, 0.15) is 52.4 Å². The highest BCUT2D eigenvalue weighted by atomic mass is 32.2. The van der Waals surface area contributed by atoms with Gasteiger partial charge in [0.05, 0.1) is 11.5 Å². The highest BCUT2D eigenvalue weighted by Crippen LogP contribution is 2.07. The minimum atomic E-state index is -3.46. The number of nitrogens with one attached hydrogen (secondary N) is 1. The molecule has 6 nitrogen and oxygen atoms in total. The van der Waals surface area contributed by atoms with Crippen molar-refractivity contribution in [2.24, 2.45) is 0 Å². The number of aliphatic carboxylic acids is 1. The number of carboxylic acids is 1. The van der Waals surface area contributed by atoms with Gasteiger partial charge in [0, 0.05) is 6.92 Å². The number of carbonyl (C=O) groups is 2. The first kappa shape index (κ1) is 18.9. The quantitative estimate of drug-likeness (QED) is 0.561. The molecule has 7 heteroatoms. The van der Waals surface area contributed by atoms with Crippen molar-refractivity contribution in [3.63, 3.8) is 0 Å². The number of hydrogen-bond acceptors (Lipinski definition) is 4. The summed E-state index contributed by atoms with van der Waals surface area (Å²) in [6, 6.07) is -1.36. The van der Waals surface area contributed by atoms with Crippen molar-refractivity contribution < 1.29 is 23.1 Å². The van der Waals surface area contributed by atoms with Crippen molar-refractivity contribution in [3.8, 4) is 0 Å². The van der Waals surface area contributed by atoms with Crippen LogP contribution in [0.4, 0.5) is 0 Å². The fourth-order valence-corrected chi connectivity index (χ4v) is 3.40. The number of hydrogen-bond donors (Lipinski definition) is 2. The van der Waals surface area contributed by atoms with Gasteiger partial charge < -0.3 is 10.4 Å². The minimum absolute atomic E-state index is 0.0253. The number of amides is 1. The van der Waals surface area contributed by atoms with E-state index >= 15 is 0 Å². The maximum atomic E-state index is 11.8. The van der Waals surface area contributed by atoms with Crippen molar-refractivity contribution >= 4 is 21.7 Å². The van der Waals surface area contributed by atoms with Crippen LogP contribution in [0, 0.1) is 0 Å². The Bertz CT molecular complexity index is 405. The smallest absolute Gasteiger partial charge is 0.327 e. The number of rotatable bonds is 11. The zero-order valence-electron chi connectivity index (χ0n) is 12.2. The van der Waals surface area contributed by atoms with Crippen LogP contribution in [-0.2, 0) is 19.4 Å². The van der Waals surface area contributed by atoms with Crippen LogP contribution in [0.15, 0.2) is 0 Å². The van der Waals surface area contributed by atoms with Gasteiger partial charge in [-0.15, -0.1) is 0 Å². The van der Waals surface area contributed by atoms with Gasteiger partial charge in [-0.2, -0.15) is 0 Å². The molecule has 0 saturated carbocycles. The average Bonchev–Trinajstić information content (AvgIpc) is 2.31. The maximum absolute atomic E-state index is 11.8. The normalized spacial score (nSPS) is 12.9. The van der Waals surface area contributed by atoms with Gasteiger partial charge in [0.25, 0.3) is 0 Å². The number of sulfone groups is 1. The standard InChI is InChI=1S/C13H25NO5S/c1-3-4-5-6-7-8-9-20(18,19)10-12(13(16)17)14-11(2)15/h12H,3-10H2,1-2H3,(H,14,15)(H,16,17)/t12-/m0/s1. The molecule has 0 radical (unpaired) electrons. The minimum Gasteiger partial charge on any atom is -0.480 e. The highest BCUT2D eigenvalue weighted by molar-refractivity contribution is 7.91. The molecule has 0 heterocycles. The van der Waals surface area contributed by atoms with E-state index in [2.05, 4.69) is 12.2 Å². The third-order valence-electron chi connectivity index (χ3n) is 2.91. The third kappa shape index (κ3) is 9.77. The van der Waals surface area contributed by atoms with Crippen LogP contribution in [0.25, 0.3) is 0 Å². The van der Waals surface area contributed by atoms with E-state index in [9.17, 15) is 18.0 Å². The lowest BCUT2D eigenvalue weighted by atomic mass is 10.1. The molecule has 0 rings (SSSR count). The summed E-state index contributed by atoms with van der Waals surface area (Å²) < 4.78 is 23.6. The molecule has 1 amide bonds. The first-order valence-electron chi connectivity index (χ1n) is 6.99.